The third-order valence-electron chi connectivity index (χ3n) is 2.99. The summed E-state index contributed by atoms with van der Waals surface area (Å²) in [5, 5.41) is 0. The molecule has 0 saturated carbocycles. The van der Waals surface area contributed by atoms with Gasteiger partial charge in [0.25, 0.3) is 0 Å². The Labute approximate surface area is 133 Å². The lowest BCUT2D eigenvalue weighted by Gasteiger charge is -2.05. The number of carbonyl (C=O) groups excluding carboxylic acids is 1. The summed E-state index contributed by atoms with van der Waals surface area (Å²) in [6, 6.07) is 14.0. The third kappa shape index (κ3) is 4.79. The summed E-state index contributed by atoms with van der Waals surface area (Å²) < 4.78 is 25.1. The Bertz CT molecular complexity index is 749. The monoisotopic (exact) mass is 366 g/mol. The van der Waals surface area contributed by atoms with Crippen LogP contribution in [0.1, 0.15) is 21.5 Å². The van der Waals surface area contributed by atoms with Gasteiger partial charge in [-0.05, 0) is 24.6 Å². The molecule has 0 fully saturated rings. The number of hydrogen-bond donors (Lipinski definition) is 0. The number of hydrogen-bond acceptors (Lipinski definition) is 3. The van der Waals surface area contributed by atoms with Crippen LogP contribution in [-0.2, 0) is 15.6 Å². The molecule has 0 amide bonds. The van der Waals surface area contributed by atoms with Gasteiger partial charge in [0, 0.05) is 10.0 Å². The molecule has 110 valence electrons. The average Bonchev–Trinajstić information content (AvgIpc) is 2.38. The second kappa shape index (κ2) is 6.54. The maximum Gasteiger partial charge on any atom is 0.177 e. The van der Waals surface area contributed by atoms with Gasteiger partial charge in [-0.3, -0.25) is 4.79 Å². The summed E-state index contributed by atoms with van der Waals surface area (Å²) in [5.74, 6) is -0.963. The van der Waals surface area contributed by atoms with Crippen LogP contribution in [0.5, 0.6) is 0 Å². The van der Waals surface area contributed by atoms with Crippen molar-refractivity contribution in [2.45, 2.75) is 12.7 Å². The predicted octanol–water partition coefficient (Wildman–Crippen LogP) is 3.56. The molecule has 0 unspecified atom stereocenters. The number of sulfone groups is 1. The van der Waals surface area contributed by atoms with E-state index in [-0.39, 0.29) is 11.5 Å². The Morgan fingerprint density at radius 2 is 1.76 bits per heavy atom. The van der Waals surface area contributed by atoms with Crippen LogP contribution in [0.2, 0.25) is 0 Å². The molecule has 0 heterocycles. The Kier molecular flexibility index (Phi) is 4.96. The average molecular weight is 367 g/mol. The van der Waals surface area contributed by atoms with Crippen LogP contribution in [0.3, 0.4) is 0 Å². The van der Waals surface area contributed by atoms with Crippen molar-refractivity contribution in [3.63, 3.8) is 0 Å². The first-order valence-electron chi connectivity index (χ1n) is 6.40. The van der Waals surface area contributed by atoms with Gasteiger partial charge >= 0.3 is 0 Å². The zero-order valence-electron chi connectivity index (χ0n) is 11.5. The Morgan fingerprint density at radius 1 is 1.10 bits per heavy atom. The van der Waals surface area contributed by atoms with Gasteiger partial charge in [-0.25, -0.2) is 8.42 Å². The Morgan fingerprint density at radius 3 is 2.38 bits per heavy atom. The van der Waals surface area contributed by atoms with Gasteiger partial charge in [0.2, 0.25) is 0 Å². The van der Waals surface area contributed by atoms with E-state index in [0.717, 1.165) is 10.0 Å². The SMILES string of the molecule is Cc1cccc(CS(=O)(=O)CC(=O)c2ccc(Br)cc2)c1. The van der Waals surface area contributed by atoms with E-state index in [2.05, 4.69) is 15.9 Å². The fourth-order valence-electron chi connectivity index (χ4n) is 2.03. The van der Waals surface area contributed by atoms with Crippen LogP contribution < -0.4 is 0 Å². The van der Waals surface area contributed by atoms with E-state index in [1.165, 1.54) is 0 Å². The van der Waals surface area contributed by atoms with Crippen LogP contribution in [0, 0.1) is 6.92 Å². The first-order valence-corrected chi connectivity index (χ1v) is 9.02. The lowest BCUT2D eigenvalue weighted by Crippen LogP contribution is -2.18. The molecular formula is C16H15BrO3S. The molecule has 2 aromatic rings. The minimum Gasteiger partial charge on any atom is -0.293 e. The lowest BCUT2D eigenvalue weighted by molar-refractivity contribution is 0.102. The molecular weight excluding hydrogens is 352 g/mol. The molecule has 0 spiro atoms. The number of halogens is 1. The van der Waals surface area contributed by atoms with Crippen molar-refractivity contribution < 1.29 is 13.2 Å². The van der Waals surface area contributed by atoms with E-state index in [1.54, 1.807) is 30.3 Å². The molecule has 2 aromatic carbocycles. The number of rotatable bonds is 5. The van der Waals surface area contributed by atoms with Crippen molar-refractivity contribution in [1.82, 2.24) is 0 Å². The summed E-state index contributed by atoms with van der Waals surface area (Å²) in [7, 11) is -3.47. The van der Waals surface area contributed by atoms with Gasteiger partial charge in [-0.1, -0.05) is 57.9 Å². The summed E-state index contributed by atoms with van der Waals surface area (Å²) in [4.78, 5) is 12.0. The summed E-state index contributed by atoms with van der Waals surface area (Å²) in [5.41, 5.74) is 2.12. The van der Waals surface area contributed by atoms with Crippen LogP contribution in [0.15, 0.2) is 53.0 Å². The highest BCUT2D eigenvalue weighted by Crippen LogP contribution is 2.14. The minimum absolute atomic E-state index is 0.114. The zero-order chi connectivity index (χ0) is 15.5. The molecule has 0 saturated heterocycles. The summed E-state index contributed by atoms with van der Waals surface area (Å²) in [6.45, 7) is 1.91. The predicted molar refractivity (Wildman–Crippen MR) is 87.1 cm³/mol. The molecule has 0 aliphatic rings. The van der Waals surface area contributed by atoms with Crippen molar-refractivity contribution in [2.75, 3.05) is 5.75 Å². The second-order valence-corrected chi connectivity index (χ2v) is 7.93. The molecule has 3 nitrogen and oxygen atoms in total. The fraction of sp³-hybridized carbons (Fsp3) is 0.188. The molecule has 2 rings (SSSR count). The molecule has 21 heavy (non-hydrogen) atoms. The number of aryl methyl sites for hydroxylation is 1. The van der Waals surface area contributed by atoms with Crippen LogP contribution in [-0.4, -0.2) is 20.0 Å². The summed E-state index contributed by atoms with van der Waals surface area (Å²) >= 11 is 3.28. The molecule has 0 aromatic heterocycles. The van der Waals surface area contributed by atoms with Gasteiger partial charge in [-0.15, -0.1) is 0 Å². The lowest BCUT2D eigenvalue weighted by atomic mass is 10.1. The number of benzene rings is 2. The second-order valence-electron chi connectivity index (χ2n) is 4.95. The van der Waals surface area contributed by atoms with Crippen molar-refractivity contribution in [1.29, 1.82) is 0 Å². The highest BCUT2D eigenvalue weighted by Gasteiger charge is 2.18. The molecule has 0 atom stereocenters. The molecule has 0 aliphatic carbocycles. The molecule has 0 bridgehead atoms. The molecule has 0 aliphatic heterocycles. The molecule has 0 radical (unpaired) electrons. The maximum absolute atomic E-state index is 12.1. The van der Waals surface area contributed by atoms with E-state index in [0.29, 0.717) is 11.1 Å². The highest BCUT2D eigenvalue weighted by atomic mass is 79.9. The van der Waals surface area contributed by atoms with Gasteiger partial charge in [-0.2, -0.15) is 0 Å². The van der Waals surface area contributed by atoms with Crippen molar-refractivity contribution in [3.8, 4) is 0 Å². The number of Topliss-reactive ketones (excluding diaryl/α,β-unsaturated/α-hetero) is 1. The highest BCUT2D eigenvalue weighted by molar-refractivity contribution is 9.10. The third-order valence-corrected chi connectivity index (χ3v) is 4.99. The molecule has 5 heteroatoms. The van der Waals surface area contributed by atoms with Crippen LogP contribution in [0.4, 0.5) is 0 Å². The quantitative estimate of drug-likeness (QED) is 0.760. The zero-order valence-corrected chi connectivity index (χ0v) is 13.9. The smallest absolute Gasteiger partial charge is 0.177 e. The van der Waals surface area contributed by atoms with E-state index < -0.39 is 15.6 Å². The van der Waals surface area contributed by atoms with Crippen LogP contribution >= 0.6 is 15.9 Å². The summed E-state index contributed by atoms with van der Waals surface area (Å²) in [6.07, 6.45) is 0. The van der Waals surface area contributed by atoms with Crippen molar-refractivity contribution >= 4 is 31.6 Å². The van der Waals surface area contributed by atoms with Gasteiger partial charge in [0.05, 0.1) is 5.75 Å². The number of carbonyl (C=O) groups is 1. The van der Waals surface area contributed by atoms with Crippen LogP contribution in [0.25, 0.3) is 0 Å². The first-order chi connectivity index (χ1) is 9.85. The van der Waals surface area contributed by atoms with E-state index >= 15 is 0 Å². The van der Waals surface area contributed by atoms with Crippen molar-refractivity contribution in [2.24, 2.45) is 0 Å². The fourth-order valence-corrected chi connectivity index (χ4v) is 3.65. The topological polar surface area (TPSA) is 51.2 Å². The van der Waals surface area contributed by atoms with Gasteiger partial charge in [0.1, 0.15) is 5.75 Å². The van der Waals surface area contributed by atoms with Gasteiger partial charge < -0.3 is 0 Å². The van der Waals surface area contributed by atoms with Gasteiger partial charge in [0.15, 0.2) is 15.6 Å². The Hall–Kier alpha value is -1.46. The number of ketones is 1. The minimum atomic E-state index is -3.47. The Balaban J connectivity index is 2.10. The maximum atomic E-state index is 12.1. The van der Waals surface area contributed by atoms with E-state index in [1.807, 2.05) is 25.1 Å². The first kappa shape index (κ1) is 15.9. The normalized spacial score (nSPS) is 11.3. The van der Waals surface area contributed by atoms with E-state index in [4.69, 9.17) is 0 Å². The largest absolute Gasteiger partial charge is 0.293 e. The van der Waals surface area contributed by atoms with Crippen molar-refractivity contribution in [3.05, 3.63) is 69.7 Å². The molecule has 0 N–H and O–H groups in total. The van der Waals surface area contributed by atoms with E-state index in [9.17, 15) is 13.2 Å². The standard InChI is InChI=1S/C16H15BrO3S/c1-12-3-2-4-13(9-12)10-21(19,20)11-16(18)14-5-7-15(17)8-6-14/h2-9H,10-11H2,1H3.